The first kappa shape index (κ1) is 26.1. The van der Waals surface area contributed by atoms with E-state index in [4.69, 9.17) is 21.1 Å². The van der Waals surface area contributed by atoms with Crippen molar-refractivity contribution in [2.45, 2.75) is 31.6 Å². The quantitative estimate of drug-likeness (QED) is 0.318. The fourth-order valence-electron chi connectivity index (χ4n) is 3.21. The third-order valence-electron chi connectivity index (χ3n) is 5.13. The lowest BCUT2D eigenvalue weighted by atomic mass is 10.0. The Kier molecular flexibility index (Phi) is 8.28. The van der Waals surface area contributed by atoms with Gasteiger partial charge in [-0.1, -0.05) is 49.2 Å². The monoisotopic (exact) mass is 565 g/mol. The summed E-state index contributed by atoms with van der Waals surface area (Å²) in [6.45, 7) is 5.48. The zero-order valence-electron chi connectivity index (χ0n) is 19.2. The molecule has 0 heterocycles. The zero-order chi connectivity index (χ0) is 25.0. The number of nitrogens with zero attached hydrogens (tertiary/aromatic N) is 1. The Balaban J connectivity index is 1.97. The highest BCUT2D eigenvalue weighted by Gasteiger charge is 2.32. The van der Waals surface area contributed by atoms with Crippen LogP contribution < -0.4 is 13.8 Å². The number of ether oxygens (including phenoxy) is 2. The van der Waals surface area contributed by atoms with Crippen molar-refractivity contribution < 1.29 is 22.7 Å². The summed E-state index contributed by atoms with van der Waals surface area (Å²) < 4.78 is 39.3. The van der Waals surface area contributed by atoms with Crippen LogP contribution in [0.5, 0.6) is 11.5 Å². The predicted molar refractivity (Wildman–Crippen MR) is 138 cm³/mol. The van der Waals surface area contributed by atoms with Gasteiger partial charge in [0.15, 0.2) is 6.61 Å². The number of hydrogen-bond acceptors (Lipinski definition) is 5. The Morgan fingerprint density at radius 2 is 1.68 bits per heavy atom. The van der Waals surface area contributed by atoms with Crippen LogP contribution in [0.1, 0.15) is 30.9 Å². The largest absolute Gasteiger partial charge is 0.495 e. The van der Waals surface area contributed by atoms with Gasteiger partial charge in [-0.25, -0.2) is 8.42 Å². The number of rotatable bonds is 8. The van der Waals surface area contributed by atoms with Crippen LogP contribution in [0.2, 0.25) is 5.02 Å². The van der Waals surface area contributed by atoms with E-state index in [1.807, 2.05) is 19.1 Å². The van der Waals surface area contributed by atoms with Crippen LogP contribution >= 0.6 is 27.5 Å². The Labute approximate surface area is 213 Å². The second kappa shape index (κ2) is 10.8. The summed E-state index contributed by atoms with van der Waals surface area (Å²) in [5, 5.41) is 0.171. The molecule has 0 N–H and O–H groups in total. The molecule has 0 aliphatic heterocycles. The number of amides is 1. The van der Waals surface area contributed by atoms with Crippen molar-refractivity contribution in [3.8, 4) is 11.5 Å². The van der Waals surface area contributed by atoms with E-state index in [1.54, 1.807) is 18.2 Å². The number of benzene rings is 3. The molecule has 34 heavy (non-hydrogen) atoms. The summed E-state index contributed by atoms with van der Waals surface area (Å²) in [5.41, 5.74) is 2.07. The number of anilines is 1. The molecule has 0 saturated carbocycles. The van der Waals surface area contributed by atoms with Gasteiger partial charge in [0.1, 0.15) is 11.5 Å². The molecular weight excluding hydrogens is 542 g/mol. The molecule has 6 nitrogen and oxygen atoms in total. The van der Waals surface area contributed by atoms with E-state index in [0.717, 1.165) is 11.1 Å². The number of sulfonamides is 1. The third-order valence-corrected chi connectivity index (χ3v) is 7.81. The van der Waals surface area contributed by atoms with E-state index in [9.17, 15) is 13.2 Å². The van der Waals surface area contributed by atoms with Gasteiger partial charge >= 0.3 is 0 Å². The molecule has 0 aromatic heterocycles. The Hall–Kier alpha value is -2.55. The van der Waals surface area contributed by atoms with Gasteiger partial charge in [0.25, 0.3) is 15.9 Å². The molecular formula is C25H25BrClNO5S. The molecule has 180 valence electrons. The van der Waals surface area contributed by atoms with Crippen molar-refractivity contribution in [2.75, 3.05) is 18.0 Å². The molecule has 0 aliphatic carbocycles. The number of carbonyl (C=O) groups is 1. The maximum absolute atomic E-state index is 13.5. The molecule has 3 rings (SSSR count). The molecule has 0 bridgehead atoms. The highest BCUT2D eigenvalue weighted by atomic mass is 79.9. The van der Waals surface area contributed by atoms with E-state index in [0.29, 0.717) is 26.2 Å². The van der Waals surface area contributed by atoms with E-state index in [2.05, 4.69) is 29.8 Å². The molecule has 9 heteroatoms. The van der Waals surface area contributed by atoms with E-state index in [1.165, 1.54) is 37.4 Å². The standard InChI is InChI=1S/C25H25BrClNO5S/c1-16(2)18-7-11-23(21(26)13-18)33-15-25(29)28(19-8-12-24(32-4)22(27)14-19)34(30,31)20-9-5-17(3)6-10-20/h5-14,16H,15H2,1-4H3. The van der Waals surface area contributed by atoms with Gasteiger partial charge in [0.2, 0.25) is 0 Å². The molecule has 0 aliphatic rings. The number of hydrogen-bond donors (Lipinski definition) is 0. The van der Waals surface area contributed by atoms with Crippen LogP contribution in [0, 0.1) is 6.92 Å². The van der Waals surface area contributed by atoms with E-state index >= 15 is 0 Å². The van der Waals surface area contributed by atoms with Crippen LogP contribution in [0.4, 0.5) is 5.69 Å². The van der Waals surface area contributed by atoms with Crippen molar-refractivity contribution in [3.63, 3.8) is 0 Å². The van der Waals surface area contributed by atoms with Crippen LogP contribution in [-0.2, 0) is 14.8 Å². The van der Waals surface area contributed by atoms with Crippen LogP contribution in [0.25, 0.3) is 0 Å². The number of methoxy groups -OCH3 is 1. The van der Waals surface area contributed by atoms with Crippen LogP contribution in [-0.4, -0.2) is 28.0 Å². The Morgan fingerprint density at radius 1 is 1.03 bits per heavy atom. The van der Waals surface area contributed by atoms with Crippen molar-refractivity contribution in [1.82, 2.24) is 0 Å². The maximum atomic E-state index is 13.5. The second-order valence-corrected chi connectivity index (χ2v) is 11.0. The fraction of sp³-hybridized carbons (Fsp3) is 0.240. The second-order valence-electron chi connectivity index (χ2n) is 7.93. The van der Waals surface area contributed by atoms with Crippen molar-refractivity contribution >= 4 is 49.1 Å². The van der Waals surface area contributed by atoms with Gasteiger partial charge in [0.05, 0.1) is 27.2 Å². The Morgan fingerprint density at radius 3 is 2.24 bits per heavy atom. The minimum absolute atomic E-state index is 0.0270. The van der Waals surface area contributed by atoms with Crippen LogP contribution in [0.15, 0.2) is 70.0 Å². The number of carbonyl (C=O) groups excluding carboxylic acids is 1. The summed E-state index contributed by atoms with van der Waals surface area (Å²) >= 11 is 9.69. The normalized spacial score (nSPS) is 11.4. The minimum Gasteiger partial charge on any atom is -0.495 e. The maximum Gasteiger partial charge on any atom is 0.278 e. The topological polar surface area (TPSA) is 72.9 Å². The molecule has 0 atom stereocenters. The number of halogens is 2. The van der Waals surface area contributed by atoms with Crippen molar-refractivity contribution in [3.05, 3.63) is 81.3 Å². The first-order valence-electron chi connectivity index (χ1n) is 10.4. The lowest BCUT2D eigenvalue weighted by molar-refractivity contribution is -0.119. The molecule has 0 radical (unpaired) electrons. The third kappa shape index (κ3) is 5.74. The van der Waals surface area contributed by atoms with Gasteiger partial charge in [0, 0.05) is 0 Å². The molecule has 1 amide bonds. The highest BCUT2D eigenvalue weighted by molar-refractivity contribution is 9.10. The first-order valence-corrected chi connectivity index (χ1v) is 13.1. The molecule has 0 saturated heterocycles. The van der Waals surface area contributed by atoms with Gasteiger partial charge in [-0.15, -0.1) is 0 Å². The first-order chi connectivity index (χ1) is 16.0. The summed E-state index contributed by atoms with van der Waals surface area (Å²) in [6, 6.07) is 16.1. The molecule has 0 fully saturated rings. The van der Waals surface area contributed by atoms with E-state index in [-0.39, 0.29) is 15.6 Å². The van der Waals surface area contributed by atoms with Crippen LogP contribution in [0.3, 0.4) is 0 Å². The molecule has 0 unspecified atom stereocenters. The summed E-state index contributed by atoms with van der Waals surface area (Å²) in [4.78, 5) is 13.3. The summed E-state index contributed by atoms with van der Waals surface area (Å²) in [6.07, 6.45) is 0. The lowest BCUT2D eigenvalue weighted by Crippen LogP contribution is -2.40. The zero-order valence-corrected chi connectivity index (χ0v) is 22.4. The van der Waals surface area contributed by atoms with Gasteiger partial charge in [-0.2, -0.15) is 4.31 Å². The predicted octanol–water partition coefficient (Wildman–Crippen LogP) is 6.34. The smallest absolute Gasteiger partial charge is 0.278 e. The lowest BCUT2D eigenvalue weighted by Gasteiger charge is -2.23. The van der Waals surface area contributed by atoms with Gasteiger partial charge < -0.3 is 9.47 Å². The summed E-state index contributed by atoms with van der Waals surface area (Å²) in [7, 11) is -2.80. The summed E-state index contributed by atoms with van der Waals surface area (Å²) in [5.74, 6) is 0.331. The average Bonchev–Trinajstić information content (AvgIpc) is 2.78. The molecule has 3 aromatic rings. The highest BCUT2D eigenvalue weighted by Crippen LogP contribution is 2.33. The Bertz CT molecular complexity index is 1290. The minimum atomic E-state index is -4.25. The fourth-order valence-corrected chi connectivity index (χ4v) is 5.37. The number of aryl methyl sites for hydroxylation is 1. The SMILES string of the molecule is COc1ccc(N(C(=O)COc2ccc(C(C)C)cc2Br)S(=O)(=O)c2ccc(C)cc2)cc1Cl. The van der Waals surface area contributed by atoms with Gasteiger partial charge in [-0.3, -0.25) is 4.79 Å². The van der Waals surface area contributed by atoms with Crippen molar-refractivity contribution in [2.24, 2.45) is 0 Å². The average molecular weight is 567 g/mol. The van der Waals surface area contributed by atoms with Gasteiger partial charge in [-0.05, 0) is 76.8 Å². The molecule has 0 spiro atoms. The van der Waals surface area contributed by atoms with E-state index < -0.39 is 22.5 Å². The molecule has 3 aromatic carbocycles. The van der Waals surface area contributed by atoms with Crippen molar-refractivity contribution in [1.29, 1.82) is 0 Å².